The van der Waals surface area contributed by atoms with Crippen LogP contribution in [0.2, 0.25) is 0 Å². The molecule has 6 nitrogen and oxygen atoms in total. The summed E-state index contributed by atoms with van der Waals surface area (Å²) in [6.45, 7) is 14.6. The molecule has 6 heterocycles. The van der Waals surface area contributed by atoms with Crippen LogP contribution in [0.1, 0.15) is 83.7 Å². The number of hydrogen-bond acceptors (Lipinski definition) is 8. The van der Waals surface area contributed by atoms with Crippen LogP contribution >= 0.6 is 45.3 Å². The van der Waals surface area contributed by atoms with E-state index in [1.807, 2.05) is 24.3 Å². The van der Waals surface area contributed by atoms with E-state index in [0.29, 0.717) is 0 Å². The Morgan fingerprint density at radius 1 is 0.607 bits per heavy atom. The van der Waals surface area contributed by atoms with Crippen molar-refractivity contribution in [3.05, 3.63) is 126 Å². The van der Waals surface area contributed by atoms with E-state index < -0.39 is 0 Å². The van der Waals surface area contributed by atoms with E-state index in [4.69, 9.17) is 22.6 Å². The molecule has 56 heavy (non-hydrogen) atoms. The highest BCUT2D eigenvalue weighted by atomic mass is 32.1. The maximum absolute atomic E-state index is 9.31. The number of nitriles is 2. The average Bonchev–Trinajstić information content (AvgIpc) is 4.06. The predicted octanol–water partition coefficient (Wildman–Crippen LogP) is 13.6. The second-order valence-corrected chi connectivity index (χ2v) is 19.6. The SMILES string of the molecule is [C-]#[N+]/C(C#N)=C\c1ccc(-c2cc3c(s2)C2=CC4C=C5C(=CC4C=C2C2(CCCCC2)O3)c2sc(-c3ccc(/C=C(\C#N)[N+]#[C-])s3)cc2OC52CCCCC2)s1. The Hall–Kier alpha value is -5.20. The molecular weight excluding hydrogens is 769 g/mol. The number of ether oxygens (including phenoxy) is 2. The van der Waals surface area contributed by atoms with Gasteiger partial charge in [-0.15, -0.1) is 45.3 Å². The van der Waals surface area contributed by atoms with Gasteiger partial charge >= 0.3 is 0 Å². The van der Waals surface area contributed by atoms with E-state index in [2.05, 4.69) is 58.3 Å². The summed E-state index contributed by atoms with van der Waals surface area (Å²) in [7, 11) is 0. The second kappa shape index (κ2) is 13.8. The lowest BCUT2D eigenvalue weighted by Gasteiger charge is -2.48. The summed E-state index contributed by atoms with van der Waals surface area (Å²) in [6.07, 6.45) is 24.6. The molecule has 2 aliphatic heterocycles. The van der Waals surface area contributed by atoms with E-state index >= 15 is 0 Å². The molecule has 0 N–H and O–H groups in total. The second-order valence-electron chi connectivity index (χ2n) is 15.3. The minimum Gasteiger partial charge on any atom is -0.481 e. The highest BCUT2D eigenvalue weighted by Gasteiger charge is 2.50. The van der Waals surface area contributed by atoms with Gasteiger partial charge in [-0.05, 0) is 98.9 Å². The quantitative estimate of drug-likeness (QED) is 0.152. The van der Waals surface area contributed by atoms with Gasteiger partial charge in [-0.3, -0.25) is 0 Å². The van der Waals surface area contributed by atoms with Crippen molar-refractivity contribution in [2.45, 2.75) is 75.4 Å². The number of fused-ring (bicyclic) bond motifs is 9. The van der Waals surface area contributed by atoms with Crippen molar-refractivity contribution in [1.29, 1.82) is 10.5 Å². The van der Waals surface area contributed by atoms with Gasteiger partial charge in [0.2, 0.25) is 0 Å². The summed E-state index contributed by atoms with van der Waals surface area (Å²) in [5, 5.41) is 18.6. The first-order valence-corrected chi connectivity index (χ1v) is 22.4. The van der Waals surface area contributed by atoms with Gasteiger partial charge in [0.15, 0.2) is 0 Å². The van der Waals surface area contributed by atoms with Gasteiger partial charge in [0, 0.05) is 64.4 Å². The molecule has 2 fully saturated rings. The van der Waals surface area contributed by atoms with Crippen molar-refractivity contribution >= 4 is 68.6 Å². The summed E-state index contributed by atoms with van der Waals surface area (Å²) >= 11 is 6.78. The van der Waals surface area contributed by atoms with Crippen LogP contribution in [-0.4, -0.2) is 11.2 Å². The first kappa shape index (κ1) is 35.2. The fraction of sp³-hybridized carbons (Fsp3) is 0.304. The molecule has 4 aromatic heterocycles. The zero-order chi connectivity index (χ0) is 38.0. The van der Waals surface area contributed by atoms with Gasteiger partial charge in [-0.2, -0.15) is 0 Å². The zero-order valence-corrected chi connectivity index (χ0v) is 33.7. The third-order valence-electron chi connectivity index (χ3n) is 12.0. The molecule has 0 saturated heterocycles. The van der Waals surface area contributed by atoms with Crippen LogP contribution in [0.15, 0.2) is 83.2 Å². The average molecular weight is 803 g/mol. The summed E-state index contributed by atoms with van der Waals surface area (Å²) in [6, 6.07) is 16.6. The molecule has 0 bridgehead atoms. The third-order valence-corrected chi connectivity index (χ3v) is 16.8. The molecule has 4 aliphatic carbocycles. The third kappa shape index (κ3) is 5.79. The van der Waals surface area contributed by atoms with Crippen molar-refractivity contribution in [3.8, 4) is 43.1 Å². The minimum absolute atomic E-state index is 0.0925. The van der Waals surface area contributed by atoms with Crippen molar-refractivity contribution in [2.24, 2.45) is 11.8 Å². The van der Waals surface area contributed by atoms with Crippen molar-refractivity contribution in [3.63, 3.8) is 0 Å². The lowest BCUT2D eigenvalue weighted by atomic mass is 9.65. The summed E-state index contributed by atoms with van der Waals surface area (Å²) in [4.78, 5) is 15.4. The van der Waals surface area contributed by atoms with Crippen LogP contribution in [0.3, 0.4) is 0 Å². The van der Waals surface area contributed by atoms with Crippen molar-refractivity contribution in [2.75, 3.05) is 0 Å². The molecule has 10 heteroatoms. The number of rotatable bonds is 4. The molecule has 4 aromatic rings. The number of allylic oxidation sites excluding steroid dienone is 6. The molecule has 0 radical (unpaired) electrons. The number of thiophene rings is 4. The maximum Gasteiger partial charge on any atom is 0.263 e. The Bertz CT molecular complexity index is 2460. The largest absolute Gasteiger partial charge is 0.481 e. The lowest BCUT2D eigenvalue weighted by molar-refractivity contribution is 0.0636. The van der Waals surface area contributed by atoms with E-state index in [9.17, 15) is 10.5 Å². The first-order valence-electron chi connectivity index (χ1n) is 19.2. The predicted molar refractivity (Wildman–Crippen MR) is 228 cm³/mol. The fourth-order valence-corrected chi connectivity index (χ4v) is 13.8. The van der Waals surface area contributed by atoms with E-state index in [-0.39, 0.29) is 34.4 Å². The number of nitrogens with zero attached hydrogens (tertiary/aromatic N) is 4. The van der Waals surface area contributed by atoms with Gasteiger partial charge in [0.25, 0.3) is 11.4 Å². The zero-order valence-electron chi connectivity index (χ0n) is 30.4. The topological polar surface area (TPSA) is 74.8 Å². The first-order chi connectivity index (χ1) is 27.4. The van der Waals surface area contributed by atoms with Crippen molar-refractivity contribution in [1.82, 2.24) is 0 Å². The highest BCUT2D eigenvalue weighted by molar-refractivity contribution is 7.24. The van der Waals surface area contributed by atoms with Crippen LogP contribution in [0.25, 0.3) is 52.5 Å². The van der Waals surface area contributed by atoms with Crippen LogP contribution in [0.5, 0.6) is 11.5 Å². The molecule has 2 atom stereocenters. The standard InChI is InChI=1S/C46H34N4O2S4/c1-49-29(25-47)21-31-9-11-39(53-31)41-23-37-43(55-41)33-17-27-20-36-34(18-28(27)19-35(33)45(51-37)13-5-3-6-14-45)44-38(52-46(36)15-7-4-8-16-46)24-42(56-44)40-12-10-32(54-40)22-30(26-48)50-2/h9-12,17-24,27-28H,3-8,13-16H2/b29-21-,30-22+. The molecule has 10 rings (SSSR count). The minimum atomic E-state index is -0.338. The molecule has 274 valence electrons. The molecule has 2 unspecified atom stereocenters. The molecule has 6 aliphatic rings. The van der Waals surface area contributed by atoms with Gasteiger partial charge in [0.1, 0.15) is 22.7 Å². The smallest absolute Gasteiger partial charge is 0.263 e. The lowest BCUT2D eigenvalue weighted by Crippen LogP contribution is -2.45. The maximum atomic E-state index is 9.31. The normalized spacial score (nSPS) is 22.7. The number of hydrogen-bond donors (Lipinski definition) is 0. The molecule has 0 amide bonds. The summed E-state index contributed by atoms with van der Waals surface area (Å²) in [5.74, 6) is 2.35. The van der Waals surface area contributed by atoms with Gasteiger partial charge in [0.05, 0.1) is 35.0 Å². The summed E-state index contributed by atoms with van der Waals surface area (Å²) in [5.41, 5.74) is 4.85. The monoisotopic (exact) mass is 802 g/mol. The molecule has 2 spiro atoms. The Labute approximate surface area is 342 Å². The van der Waals surface area contributed by atoms with E-state index in [1.165, 1.54) is 44.9 Å². The molecule has 0 aromatic carbocycles. The van der Waals surface area contributed by atoms with Crippen LogP contribution in [-0.2, 0) is 0 Å². The van der Waals surface area contributed by atoms with Crippen LogP contribution in [0.4, 0.5) is 0 Å². The van der Waals surface area contributed by atoms with E-state index in [1.54, 1.807) is 57.5 Å². The Balaban J connectivity index is 1.06. The molecular formula is C46H34N4O2S4. The fourth-order valence-electron chi connectivity index (χ4n) is 9.47. The van der Waals surface area contributed by atoms with Crippen LogP contribution in [0, 0.1) is 47.6 Å². The van der Waals surface area contributed by atoms with Crippen molar-refractivity contribution < 1.29 is 9.47 Å². The summed E-state index contributed by atoms with van der Waals surface area (Å²) < 4.78 is 14.4. The Morgan fingerprint density at radius 3 is 1.43 bits per heavy atom. The Kier molecular flexibility index (Phi) is 8.66. The van der Waals surface area contributed by atoms with E-state index in [0.717, 1.165) is 92.1 Å². The van der Waals surface area contributed by atoms with Crippen LogP contribution < -0.4 is 9.47 Å². The Morgan fingerprint density at radius 2 is 1.04 bits per heavy atom. The highest BCUT2D eigenvalue weighted by Crippen LogP contribution is 2.61. The van der Waals surface area contributed by atoms with Gasteiger partial charge in [-0.25, -0.2) is 20.2 Å². The van der Waals surface area contributed by atoms with Gasteiger partial charge in [-0.1, -0.05) is 37.1 Å². The molecule has 2 saturated carbocycles. The van der Waals surface area contributed by atoms with Gasteiger partial charge < -0.3 is 9.47 Å².